The third kappa shape index (κ3) is 2.95. The Balaban J connectivity index is 2.65. The number of hydrogen-bond acceptors (Lipinski definition) is 1. The summed E-state index contributed by atoms with van der Waals surface area (Å²) in [5, 5.41) is 8.75. The minimum absolute atomic E-state index is 0.336. The molecule has 0 radical (unpaired) electrons. The summed E-state index contributed by atoms with van der Waals surface area (Å²) in [4.78, 5) is 10.7. The number of carboxylic acid groups (broad SMARTS) is 1. The molecule has 1 N–H and O–H groups in total. The quantitative estimate of drug-likeness (QED) is 0.581. The Morgan fingerprint density at radius 2 is 2.29 bits per heavy atom. The summed E-state index contributed by atoms with van der Waals surface area (Å²) in [5.74, 6) is 1.67. The van der Waals surface area contributed by atoms with E-state index in [0.717, 1.165) is 24.8 Å². The second-order valence-corrected chi connectivity index (χ2v) is 3.06. The Hall–Kier alpha value is -1.75. The van der Waals surface area contributed by atoms with E-state index in [9.17, 15) is 4.79 Å². The van der Waals surface area contributed by atoms with Gasteiger partial charge in [-0.3, -0.25) is 0 Å². The number of hydrogen-bond donors (Lipinski definition) is 1. The fraction of sp³-hybridized carbons (Fsp3) is 0.250. The molecule has 0 atom stereocenters. The first kappa shape index (κ1) is 10.3. The van der Waals surface area contributed by atoms with Crippen molar-refractivity contribution in [3.8, 4) is 12.3 Å². The van der Waals surface area contributed by atoms with Gasteiger partial charge < -0.3 is 5.11 Å². The molecule has 1 rings (SSSR count). The molecule has 0 aliphatic heterocycles. The van der Waals surface area contributed by atoms with Gasteiger partial charge in [0.05, 0.1) is 5.56 Å². The molecule has 0 amide bonds. The molecule has 0 heterocycles. The topological polar surface area (TPSA) is 37.3 Å². The van der Waals surface area contributed by atoms with Gasteiger partial charge in [-0.05, 0) is 30.5 Å². The number of rotatable bonds is 4. The van der Waals surface area contributed by atoms with E-state index < -0.39 is 5.97 Å². The third-order valence-electron chi connectivity index (χ3n) is 1.96. The molecule has 1 aromatic carbocycles. The van der Waals surface area contributed by atoms with Crippen LogP contribution >= 0.6 is 0 Å². The van der Waals surface area contributed by atoms with Crippen LogP contribution in [0.4, 0.5) is 0 Å². The van der Waals surface area contributed by atoms with Crippen LogP contribution in [0.1, 0.15) is 28.8 Å². The Morgan fingerprint density at radius 3 is 2.93 bits per heavy atom. The molecule has 0 spiro atoms. The molecule has 0 saturated heterocycles. The van der Waals surface area contributed by atoms with E-state index in [-0.39, 0.29) is 0 Å². The highest BCUT2D eigenvalue weighted by Gasteiger charge is 2.02. The van der Waals surface area contributed by atoms with E-state index in [2.05, 4.69) is 5.92 Å². The van der Waals surface area contributed by atoms with E-state index in [1.54, 1.807) is 18.2 Å². The minimum atomic E-state index is -0.885. The van der Waals surface area contributed by atoms with Gasteiger partial charge in [0, 0.05) is 6.42 Å². The lowest BCUT2D eigenvalue weighted by Gasteiger charge is -2.00. The molecule has 0 unspecified atom stereocenters. The van der Waals surface area contributed by atoms with Crippen LogP contribution in [0.2, 0.25) is 0 Å². The highest BCUT2D eigenvalue weighted by atomic mass is 16.4. The minimum Gasteiger partial charge on any atom is -0.478 e. The Kier molecular flexibility index (Phi) is 3.75. The predicted octanol–water partition coefficient (Wildman–Crippen LogP) is 2.34. The van der Waals surface area contributed by atoms with Gasteiger partial charge in [-0.15, -0.1) is 12.3 Å². The fourth-order valence-corrected chi connectivity index (χ4v) is 1.25. The van der Waals surface area contributed by atoms with Gasteiger partial charge in [0.25, 0.3) is 0 Å². The lowest BCUT2D eigenvalue weighted by atomic mass is 10.1. The average Bonchev–Trinajstić information content (AvgIpc) is 2.19. The second-order valence-electron chi connectivity index (χ2n) is 3.06. The van der Waals surface area contributed by atoms with Crippen LogP contribution in [0, 0.1) is 12.3 Å². The first-order valence-electron chi connectivity index (χ1n) is 4.49. The normalized spacial score (nSPS) is 9.36. The van der Waals surface area contributed by atoms with Crippen molar-refractivity contribution in [1.82, 2.24) is 0 Å². The molecule has 1 aromatic rings. The number of aryl methyl sites for hydroxylation is 1. The van der Waals surface area contributed by atoms with Crippen molar-refractivity contribution in [2.75, 3.05) is 0 Å². The van der Waals surface area contributed by atoms with Gasteiger partial charge in [-0.2, -0.15) is 0 Å². The van der Waals surface area contributed by atoms with Crippen LogP contribution in [-0.4, -0.2) is 11.1 Å². The molecular formula is C12H12O2. The van der Waals surface area contributed by atoms with E-state index in [4.69, 9.17) is 11.5 Å². The summed E-state index contributed by atoms with van der Waals surface area (Å²) in [6, 6.07) is 6.96. The van der Waals surface area contributed by atoms with E-state index in [0.29, 0.717) is 5.56 Å². The summed E-state index contributed by atoms with van der Waals surface area (Å²) in [7, 11) is 0. The number of terminal acetylenes is 1. The molecule has 0 fully saturated rings. The van der Waals surface area contributed by atoms with E-state index >= 15 is 0 Å². The lowest BCUT2D eigenvalue weighted by Crippen LogP contribution is -1.97. The SMILES string of the molecule is C#CCCCc1cccc(C(=O)O)c1. The third-order valence-corrected chi connectivity index (χ3v) is 1.96. The first-order valence-corrected chi connectivity index (χ1v) is 4.49. The maximum absolute atomic E-state index is 10.7. The zero-order chi connectivity index (χ0) is 10.4. The number of benzene rings is 1. The van der Waals surface area contributed by atoms with Crippen LogP contribution in [-0.2, 0) is 6.42 Å². The molecule has 0 aromatic heterocycles. The predicted molar refractivity (Wildman–Crippen MR) is 55.2 cm³/mol. The monoisotopic (exact) mass is 188 g/mol. The van der Waals surface area contributed by atoms with Crippen LogP contribution < -0.4 is 0 Å². The number of carbonyl (C=O) groups is 1. The van der Waals surface area contributed by atoms with Gasteiger partial charge in [0.1, 0.15) is 0 Å². The summed E-state index contributed by atoms with van der Waals surface area (Å²) in [6.07, 6.45) is 7.60. The largest absolute Gasteiger partial charge is 0.478 e. The number of aromatic carboxylic acids is 1. The van der Waals surface area contributed by atoms with Gasteiger partial charge in [0.15, 0.2) is 0 Å². The maximum Gasteiger partial charge on any atom is 0.335 e. The summed E-state index contributed by atoms with van der Waals surface area (Å²) in [5.41, 5.74) is 1.36. The van der Waals surface area contributed by atoms with Crippen molar-refractivity contribution in [3.63, 3.8) is 0 Å². The molecule has 72 valence electrons. The molecule has 0 aliphatic rings. The van der Waals surface area contributed by atoms with Crippen molar-refractivity contribution in [2.45, 2.75) is 19.3 Å². The van der Waals surface area contributed by atoms with Gasteiger partial charge in [0.2, 0.25) is 0 Å². The van der Waals surface area contributed by atoms with Crippen molar-refractivity contribution in [3.05, 3.63) is 35.4 Å². The van der Waals surface area contributed by atoms with E-state index in [1.165, 1.54) is 0 Å². The smallest absolute Gasteiger partial charge is 0.335 e. The Labute approximate surface area is 83.6 Å². The summed E-state index contributed by atoms with van der Waals surface area (Å²) in [6.45, 7) is 0. The zero-order valence-corrected chi connectivity index (χ0v) is 7.86. The van der Waals surface area contributed by atoms with Crippen LogP contribution in [0.25, 0.3) is 0 Å². The number of carboxylic acids is 1. The van der Waals surface area contributed by atoms with Crippen LogP contribution in [0.15, 0.2) is 24.3 Å². The Morgan fingerprint density at radius 1 is 1.50 bits per heavy atom. The first-order chi connectivity index (χ1) is 6.74. The maximum atomic E-state index is 10.7. The Bertz CT molecular complexity index is 361. The lowest BCUT2D eigenvalue weighted by molar-refractivity contribution is 0.0697. The van der Waals surface area contributed by atoms with E-state index in [1.807, 2.05) is 6.07 Å². The molecular weight excluding hydrogens is 176 g/mol. The van der Waals surface area contributed by atoms with Gasteiger partial charge in [-0.1, -0.05) is 12.1 Å². The van der Waals surface area contributed by atoms with Crippen molar-refractivity contribution in [1.29, 1.82) is 0 Å². The standard InChI is InChI=1S/C12H12O2/c1-2-3-4-6-10-7-5-8-11(9-10)12(13)14/h1,5,7-9H,3-4,6H2,(H,13,14). The molecule has 0 saturated carbocycles. The highest BCUT2D eigenvalue weighted by molar-refractivity contribution is 5.87. The molecule has 2 heteroatoms. The average molecular weight is 188 g/mol. The van der Waals surface area contributed by atoms with Gasteiger partial charge in [-0.25, -0.2) is 4.79 Å². The van der Waals surface area contributed by atoms with Crippen LogP contribution in [0.3, 0.4) is 0 Å². The summed E-state index contributed by atoms with van der Waals surface area (Å²) < 4.78 is 0. The molecule has 0 aliphatic carbocycles. The highest BCUT2D eigenvalue weighted by Crippen LogP contribution is 2.08. The summed E-state index contributed by atoms with van der Waals surface area (Å²) >= 11 is 0. The molecule has 2 nitrogen and oxygen atoms in total. The van der Waals surface area contributed by atoms with Crippen molar-refractivity contribution in [2.24, 2.45) is 0 Å². The van der Waals surface area contributed by atoms with Crippen molar-refractivity contribution >= 4 is 5.97 Å². The molecule has 0 bridgehead atoms. The van der Waals surface area contributed by atoms with Crippen LogP contribution in [0.5, 0.6) is 0 Å². The second kappa shape index (κ2) is 5.08. The molecule has 14 heavy (non-hydrogen) atoms. The zero-order valence-electron chi connectivity index (χ0n) is 7.86. The number of unbranched alkanes of at least 4 members (excludes halogenated alkanes) is 1. The van der Waals surface area contributed by atoms with Crippen molar-refractivity contribution < 1.29 is 9.90 Å². The van der Waals surface area contributed by atoms with Gasteiger partial charge >= 0.3 is 5.97 Å². The fourth-order valence-electron chi connectivity index (χ4n) is 1.25.